The number of imide groups is 2. The minimum atomic E-state index is -0.752. The van der Waals surface area contributed by atoms with Crippen LogP contribution >= 0.6 is 0 Å². The molecule has 4 amide bonds. The molecule has 3 rings (SSSR count). The minimum absolute atomic E-state index is 0.133. The van der Waals surface area contributed by atoms with Crippen molar-refractivity contribution in [2.45, 2.75) is 44.6 Å². The number of hydrogen-bond donors (Lipinski definition) is 0. The zero-order chi connectivity index (χ0) is 17.8. The highest BCUT2D eigenvalue weighted by atomic mass is 19.1. The topological polar surface area (TPSA) is 66.9 Å². The van der Waals surface area contributed by atoms with Crippen LogP contribution in [0, 0.1) is 5.82 Å². The van der Waals surface area contributed by atoms with Crippen molar-refractivity contribution in [3.05, 3.63) is 30.1 Å². The summed E-state index contributed by atoms with van der Waals surface area (Å²) in [5.74, 6) is -1.30. The van der Waals surface area contributed by atoms with Crippen LogP contribution in [0.25, 0.3) is 0 Å². The van der Waals surface area contributed by atoms with E-state index in [9.17, 15) is 18.8 Å². The summed E-state index contributed by atoms with van der Waals surface area (Å²) in [6.07, 6.45) is 4.99. The smallest absolute Gasteiger partial charge is 0.334 e. The summed E-state index contributed by atoms with van der Waals surface area (Å²) in [5.41, 5.74) is 0. The fourth-order valence-corrected chi connectivity index (χ4v) is 3.32. The van der Waals surface area contributed by atoms with Gasteiger partial charge in [-0.25, -0.2) is 9.18 Å². The van der Waals surface area contributed by atoms with E-state index < -0.39 is 17.8 Å². The second kappa shape index (κ2) is 7.63. The van der Waals surface area contributed by atoms with Crippen LogP contribution in [0.3, 0.4) is 0 Å². The molecule has 1 aromatic rings. The van der Waals surface area contributed by atoms with E-state index in [4.69, 9.17) is 4.74 Å². The molecule has 1 aliphatic heterocycles. The van der Waals surface area contributed by atoms with E-state index >= 15 is 0 Å². The maximum atomic E-state index is 12.8. The lowest BCUT2D eigenvalue weighted by molar-refractivity contribution is -0.144. The van der Waals surface area contributed by atoms with Crippen molar-refractivity contribution in [1.29, 1.82) is 0 Å². The van der Waals surface area contributed by atoms with E-state index in [1.54, 1.807) is 0 Å². The summed E-state index contributed by atoms with van der Waals surface area (Å²) in [6.45, 7) is 0.397. The fourth-order valence-electron chi connectivity index (χ4n) is 3.32. The molecule has 0 atom stereocenters. The van der Waals surface area contributed by atoms with Gasteiger partial charge in [-0.3, -0.25) is 19.4 Å². The van der Waals surface area contributed by atoms with Crippen LogP contribution in [0.1, 0.15) is 38.5 Å². The van der Waals surface area contributed by atoms with Crippen LogP contribution in [0.4, 0.5) is 9.18 Å². The molecule has 6 nitrogen and oxygen atoms in total. The van der Waals surface area contributed by atoms with Crippen molar-refractivity contribution in [2.24, 2.45) is 0 Å². The highest BCUT2D eigenvalue weighted by Gasteiger charge is 2.47. The lowest BCUT2D eigenvalue weighted by Crippen LogP contribution is -2.42. The molecular formula is C18H21FN2O4. The van der Waals surface area contributed by atoms with Crippen molar-refractivity contribution in [3.63, 3.8) is 0 Å². The van der Waals surface area contributed by atoms with Crippen molar-refractivity contribution >= 4 is 17.8 Å². The summed E-state index contributed by atoms with van der Waals surface area (Å²) in [5, 5.41) is 0. The van der Waals surface area contributed by atoms with Gasteiger partial charge in [-0.2, -0.15) is 0 Å². The number of ether oxygens (including phenoxy) is 1. The van der Waals surface area contributed by atoms with Gasteiger partial charge in [0.25, 0.3) is 0 Å². The first kappa shape index (κ1) is 17.4. The molecule has 0 N–H and O–H groups in total. The molecule has 1 saturated carbocycles. The van der Waals surface area contributed by atoms with Gasteiger partial charge in [0.05, 0.1) is 6.61 Å². The second-order valence-electron chi connectivity index (χ2n) is 6.36. The van der Waals surface area contributed by atoms with E-state index in [0.717, 1.165) is 41.9 Å². The molecule has 0 radical (unpaired) electrons. The third kappa shape index (κ3) is 3.81. The summed E-state index contributed by atoms with van der Waals surface area (Å²) in [7, 11) is 0. The molecule has 1 heterocycles. The Bertz CT molecular complexity index is 656. The number of benzene rings is 1. The molecule has 25 heavy (non-hydrogen) atoms. The van der Waals surface area contributed by atoms with Crippen molar-refractivity contribution in [3.8, 4) is 5.75 Å². The summed E-state index contributed by atoms with van der Waals surface area (Å²) < 4.78 is 18.3. The molecule has 7 heteroatoms. The van der Waals surface area contributed by atoms with Crippen molar-refractivity contribution in [2.75, 3.05) is 13.2 Å². The van der Waals surface area contributed by atoms with Gasteiger partial charge in [0.15, 0.2) is 0 Å². The van der Waals surface area contributed by atoms with Crippen LogP contribution in [0.5, 0.6) is 5.75 Å². The second-order valence-corrected chi connectivity index (χ2v) is 6.36. The Balaban J connectivity index is 1.51. The molecule has 1 aliphatic carbocycles. The van der Waals surface area contributed by atoms with Gasteiger partial charge in [0, 0.05) is 12.6 Å². The predicted octanol–water partition coefficient (Wildman–Crippen LogP) is 2.72. The summed E-state index contributed by atoms with van der Waals surface area (Å²) in [4.78, 5) is 38.9. The number of halogens is 1. The van der Waals surface area contributed by atoms with Crippen LogP contribution < -0.4 is 4.74 Å². The highest BCUT2D eigenvalue weighted by Crippen LogP contribution is 2.27. The first-order valence-electron chi connectivity index (χ1n) is 8.65. The zero-order valence-electron chi connectivity index (χ0n) is 13.9. The average molecular weight is 348 g/mol. The lowest BCUT2D eigenvalue weighted by atomic mass is 9.94. The van der Waals surface area contributed by atoms with Crippen LogP contribution in [-0.4, -0.2) is 46.8 Å². The first-order valence-corrected chi connectivity index (χ1v) is 8.65. The Labute approximate surface area is 145 Å². The van der Waals surface area contributed by atoms with Crippen molar-refractivity contribution in [1.82, 2.24) is 9.80 Å². The zero-order valence-corrected chi connectivity index (χ0v) is 13.9. The molecular weight excluding hydrogens is 327 g/mol. The van der Waals surface area contributed by atoms with Crippen LogP contribution in [0.15, 0.2) is 24.3 Å². The van der Waals surface area contributed by atoms with Crippen LogP contribution in [0.2, 0.25) is 0 Å². The van der Waals surface area contributed by atoms with E-state index in [2.05, 4.69) is 0 Å². The van der Waals surface area contributed by atoms with Gasteiger partial charge in [0.1, 0.15) is 11.6 Å². The molecule has 1 saturated heterocycles. The van der Waals surface area contributed by atoms with E-state index in [0.29, 0.717) is 12.2 Å². The number of hydrogen-bond acceptors (Lipinski definition) is 4. The molecule has 134 valence electrons. The maximum Gasteiger partial charge on any atom is 0.334 e. The van der Waals surface area contributed by atoms with Gasteiger partial charge < -0.3 is 4.74 Å². The van der Waals surface area contributed by atoms with Gasteiger partial charge in [-0.1, -0.05) is 19.3 Å². The molecule has 0 spiro atoms. The standard InChI is InChI=1S/C18H21FN2O4/c19-13-7-9-15(10-8-13)25-12-4-11-20-16(22)17(23)21(18(20)24)14-5-2-1-3-6-14/h7-10,14H,1-6,11-12H2. The Morgan fingerprint density at radius 2 is 1.68 bits per heavy atom. The number of carbonyl (C=O) groups excluding carboxylic acids is 3. The minimum Gasteiger partial charge on any atom is -0.494 e. The third-order valence-electron chi connectivity index (χ3n) is 4.63. The summed E-state index contributed by atoms with van der Waals surface area (Å²) >= 11 is 0. The van der Waals surface area contributed by atoms with Gasteiger partial charge in [-0.05, 0) is 43.5 Å². The fraction of sp³-hybridized carbons (Fsp3) is 0.500. The van der Waals surface area contributed by atoms with Gasteiger partial charge >= 0.3 is 17.8 Å². The first-order chi connectivity index (χ1) is 12.1. The Hall–Kier alpha value is -2.44. The largest absolute Gasteiger partial charge is 0.494 e. The molecule has 1 aromatic carbocycles. The highest BCUT2D eigenvalue weighted by molar-refractivity contribution is 6.44. The Kier molecular flexibility index (Phi) is 5.31. The van der Waals surface area contributed by atoms with Gasteiger partial charge in [-0.15, -0.1) is 0 Å². The van der Waals surface area contributed by atoms with Crippen molar-refractivity contribution < 1.29 is 23.5 Å². The molecule has 0 bridgehead atoms. The number of nitrogens with zero attached hydrogens (tertiary/aromatic N) is 2. The molecule has 0 aromatic heterocycles. The lowest BCUT2D eigenvalue weighted by Gasteiger charge is -2.28. The third-order valence-corrected chi connectivity index (χ3v) is 4.63. The molecule has 2 aliphatic rings. The molecule has 0 unspecified atom stereocenters. The number of amides is 4. The van der Waals surface area contributed by atoms with E-state index in [1.165, 1.54) is 24.3 Å². The monoisotopic (exact) mass is 348 g/mol. The number of urea groups is 1. The van der Waals surface area contributed by atoms with Crippen LogP contribution in [-0.2, 0) is 9.59 Å². The van der Waals surface area contributed by atoms with E-state index in [1.807, 2.05) is 0 Å². The SMILES string of the molecule is O=C1C(=O)N(C2CCCCC2)C(=O)N1CCCOc1ccc(F)cc1. The summed E-state index contributed by atoms with van der Waals surface area (Å²) in [6, 6.07) is 4.94. The Morgan fingerprint density at radius 3 is 2.36 bits per heavy atom. The normalized spacial score (nSPS) is 19.0. The quantitative estimate of drug-likeness (QED) is 0.450. The van der Waals surface area contributed by atoms with E-state index in [-0.39, 0.29) is 25.0 Å². The predicted molar refractivity (Wildman–Crippen MR) is 87.3 cm³/mol. The maximum absolute atomic E-state index is 12.8. The Morgan fingerprint density at radius 1 is 1.00 bits per heavy atom. The molecule has 2 fully saturated rings. The van der Waals surface area contributed by atoms with Gasteiger partial charge in [0.2, 0.25) is 0 Å². The number of carbonyl (C=O) groups is 3. The number of rotatable bonds is 6. The average Bonchev–Trinajstić information content (AvgIpc) is 2.84.